The van der Waals surface area contributed by atoms with Crippen molar-refractivity contribution in [3.63, 3.8) is 0 Å². The van der Waals surface area contributed by atoms with Crippen molar-refractivity contribution in [2.75, 3.05) is 0 Å². The summed E-state index contributed by atoms with van der Waals surface area (Å²) in [5, 5.41) is 9.06. The average molecular weight is 385 g/mol. The van der Waals surface area contributed by atoms with Gasteiger partial charge >= 0.3 is 5.97 Å². The van der Waals surface area contributed by atoms with E-state index in [1.807, 2.05) is 0 Å². The predicted molar refractivity (Wildman–Crippen MR) is 107 cm³/mol. The smallest absolute Gasteiger partial charge is 0.303 e. The van der Waals surface area contributed by atoms with Gasteiger partial charge in [-0.25, -0.2) is 0 Å². The molecule has 2 saturated carbocycles. The van der Waals surface area contributed by atoms with Gasteiger partial charge in [0.25, 0.3) is 0 Å². The van der Waals surface area contributed by atoms with Crippen molar-refractivity contribution in [3.05, 3.63) is 23.8 Å². The van der Waals surface area contributed by atoms with Crippen LogP contribution in [0.4, 0.5) is 0 Å². The summed E-state index contributed by atoms with van der Waals surface area (Å²) in [6.07, 6.45) is 11.2. The zero-order valence-corrected chi connectivity index (χ0v) is 17.2. The largest absolute Gasteiger partial charge is 0.481 e. The van der Waals surface area contributed by atoms with E-state index in [4.69, 9.17) is 5.11 Å². The molecule has 0 saturated heterocycles. The van der Waals surface area contributed by atoms with Crippen molar-refractivity contribution in [1.29, 1.82) is 0 Å². The average Bonchev–Trinajstić information content (AvgIpc) is 3.00. The van der Waals surface area contributed by atoms with Crippen molar-refractivity contribution in [2.24, 2.45) is 40.4 Å². The minimum Gasteiger partial charge on any atom is -0.481 e. The molecule has 4 aliphatic carbocycles. The molecule has 0 heterocycles. The van der Waals surface area contributed by atoms with Gasteiger partial charge in [0.1, 0.15) is 5.78 Å². The zero-order chi connectivity index (χ0) is 20.3. The van der Waals surface area contributed by atoms with Crippen LogP contribution < -0.4 is 0 Å². The maximum Gasteiger partial charge on any atom is 0.303 e. The number of Topliss-reactive ketones (excluding diaryl/α,β-unsaturated/α-hetero) is 1. The summed E-state index contributed by atoms with van der Waals surface area (Å²) in [6.45, 7) is 6.55. The van der Waals surface area contributed by atoms with Gasteiger partial charge in [0.15, 0.2) is 5.78 Å². The summed E-state index contributed by atoms with van der Waals surface area (Å²) < 4.78 is 0. The summed E-state index contributed by atoms with van der Waals surface area (Å²) in [6, 6.07) is 0. The lowest BCUT2D eigenvalue weighted by atomic mass is 9.47. The van der Waals surface area contributed by atoms with E-state index in [1.54, 1.807) is 6.08 Å². The Morgan fingerprint density at radius 3 is 2.71 bits per heavy atom. The highest BCUT2D eigenvalue weighted by molar-refractivity contribution is 5.92. The Morgan fingerprint density at radius 1 is 1.25 bits per heavy atom. The van der Waals surface area contributed by atoms with Gasteiger partial charge < -0.3 is 5.11 Å². The lowest BCUT2D eigenvalue weighted by molar-refractivity contribution is -0.145. The minimum atomic E-state index is -0.754. The minimum absolute atomic E-state index is 0.0721. The number of ketones is 2. The molecule has 0 radical (unpaired) electrons. The van der Waals surface area contributed by atoms with Crippen LogP contribution in [0.3, 0.4) is 0 Å². The van der Waals surface area contributed by atoms with Crippen molar-refractivity contribution >= 4 is 17.5 Å². The highest BCUT2D eigenvalue weighted by atomic mass is 16.4. The summed E-state index contributed by atoms with van der Waals surface area (Å²) in [7, 11) is 0. The topological polar surface area (TPSA) is 71.4 Å². The first-order valence-corrected chi connectivity index (χ1v) is 10.9. The molecule has 0 aliphatic heterocycles. The highest BCUT2D eigenvalue weighted by Crippen LogP contribution is 2.65. The molecule has 4 nitrogen and oxygen atoms in total. The molecular formula is C24H32O4. The monoisotopic (exact) mass is 384 g/mol. The lowest BCUT2D eigenvalue weighted by Crippen LogP contribution is -2.54. The summed E-state index contributed by atoms with van der Waals surface area (Å²) in [5.41, 5.74) is 0.703. The number of rotatable bonds is 4. The van der Waals surface area contributed by atoms with Crippen molar-refractivity contribution in [2.45, 2.75) is 65.7 Å². The van der Waals surface area contributed by atoms with Gasteiger partial charge in [0.05, 0.1) is 0 Å². The second kappa shape index (κ2) is 6.67. The molecule has 4 rings (SSSR count). The number of hydrogen-bond acceptors (Lipinski definition) is 3. The Bertz CT molecular complexity index is 777. The van der Waals surface area contributed by atoms with Crippen LogP contribution in [0.5, 0.6) is 0 Å². The van der Waals surface area contributed by atoms with Gasteiger partial charge in [0.2, 0.25) is 0 Å². The molecule has 7 atom stereocenters. The first-order valence-electron chi connectivity index (χ1n) is 10.9. The second-order valence-electron chi connectivity index (χ2n) is 10.1. The summed E-state index contributed by atoms with van der Waals surface area (Å²) >= 11 is 0. The number of aliphatic carboxylic acids is 1. The SMILES string of the molecule is C[C@H](CCC(=O)O)[C@H]1CC[C@H]2[C@@H]3C=CC4=CC(=O)CC[C@]4(C)[C@H]3CC(=O)[C@]12C. The maximum atomic E-state index is 13.6. The first kappa shape index (κ1) is 19.6. The fourth-order valence-corrected chi connectivity index (χ4v) is 7.21. The van der Waals surface area contributed by atoms with Crippen LogP contribution in [-0.2, 0) is 14.4 Å². The van der Waals surface area contributed by atoms with Crippen LogP contribution in [0.1, 0.15) is 65.7 Å². The van der Waals surface area contributed by atoms with Crippen LogP contribution in [0.25, 0.3) is 0 Å². The predicted octanol–water partition coefficient (Wildman–Crippen LogP) is 4.59. The van der Waals surface area contributed by atoms with Gasteiger partial charge in [-0.15, -0.1) is 0 Å². The quantitative estimate of drug-likeness (QED) is 0.769. The van der Waals surface area contributed by atoms with Crippen molar-refractivity contribution < 1.29 is 19.5 Å². The van der Waals surface area contributed by atoms with Crippen LogP contribution in [0.2, 0.25) is 0 Å². The van der Waals surface area contributed by atoms with Gasteiger partial charge in [-0.1, -0.05) is 32.9 Å². The van der Waals surface area contributed by atoms with Gasteiger partial charge in [-0.05, 0) is 72.3 Å². The fourth-order valence-electron chi connectivity index (χ4n) is 7.21. The maximum absolute atomic E-state index is 13.6. The number of carbonyl (C=O) groups excluding carboxylic acids is 2. The highest BCUT2D eigenvalue weighted by Gasteiger charge is 2.62. The third-order valence-electron chi connectivity index (χ3n) is 8.95. The fraction of sp³-hybridized carbons (Fsp3) is 0.708. The number of fused-ring (bicyclic) bond motifs is 5. The number of hydrogen-bond donors (Lipinski definition) is 1. The van der Waals surface area contributed by atoms with E-state index in [9.17, 15) is 14.4 Å². The van der Waals surface area contributed by atoms with Crippen LogP contribution in [0.15, 0.2) is 23.8 Å². The molecule has 0 unspecified atom stereocenters. The van der Waals surface area contributed by atoms with E-state index in [0.29, 0.717) is 36.9 Å². The standard InChI is InChI=1S/C24H32O4/c1-14(4-9-22(27)28)18-7-8-19-17-6-5-15-12-16(25)10-11-23(15,2)20(17)13-21(26)24(18,19)3/h5-6,12,14,17-20H,4,7-11,13H2,1-3H3,(H,27,28)/t14-,17+,18-,19+,20+,23+,24-/m1/s1. The molecule has 0 aromatic rings. The number of allylic oxidation sites excluding steroid dienone is 4. The van der Waals surface area contributed by atoms with Crippen molar-refractivity contribution in [1.82, 2.24) is 0 Å². The summed E-state index contributed by atoms with van der Waals surface area (Å²) in [4.78, 5) is 36.5. The van der Waals surface area contributed by atoms with E-state index >= 15 is 0 Å². The molecule has 4 aliphatic rings. The number of carboxylic acids is 1. The Hall–Kier alpha value is -1.71. The Balaban J connectivity index is 1.65. The van der Waals surface area contributed by atoms with Crippen molar-refractivity contribution in [3.8, 4) is 0 Å². The van der Waals surface area contributed by atoms with E-state index in [0.717, 1.165) is 24.8 Å². The first-order chi connectivity index (χ1) is 13.2. The normalized spacial score (nSPS) is 43.0. The van der Waals surface area contributed by atoms with E-state index in [-0.39, 0.29) is 40.8 Å². The van der Waals surface area contributed by atoms with Gasteiger partial charge in [-0.2, -0.15) is 0 Å². The molecule has 0 aromatic carbocycles. The van der Waals surface area contributed by atoms with E-state index in [2.05, 4.69) is 32.9 Å². The molecule has 4 heteroatoms. The molecular weight excluding hydrogens is 352 g/mol. The molecule has 0 bridgehead atoms. The van der Waals surface area contributed by atoms with E-state index in [1.165, 1.54) is 0 Å². The number of carbonyl (C=O) groups is 3. The zero-order valence-electron chi connectivity index (χ0n) is 17.2. The molecule has 1 N–H and O–H groups in total. The van der Waals surface area contributed by atoms with Crippen LogP contribution in [-0.4, -0.2) is 22.6 Å². The van der Waals surface area contributed by atoms with Crippen LogP contribution in [0, 0.1) is 40.4 Å². The Morgan fingerprint density at radius 2 is 2.00 bits per heavy atom. The van der Waals surface area contributed by atoms with E-state index < -0.39 is 5.97 Å². The second-order valence-corrected chi connectivity index (χ2v) is 10.1. The number of carboxylic acid groups (broad SMARTS) is 1. The molecule has 0 amide bonds. The Kier molecular flexibility index (Phi) is 4.67. The molecule has 0 spiro atoms. The third kappa shape index (κ3) is 2.74. The van der Waals surface area contributed by atoms with Gasteiger partial charge in [-0.3, -0.25) is 14.4 Å². The third-order valence-corrected chi connectivity index (χ3v) is 8.95. The molecule has 2 fully saturated rings. The molecule has 0 aromatic heterocycles. The molecule has 28 heavy (non-hydrogen) atoms. The Labute approximate surface area is 167 Å². The lowest BCUT2D eigenvalue weighted by Gasteiger charge is -2.55. The van der Waals surface area contributed by atoms with Gasteiger partial charge in [0, 0.05) is 24.7 Å². The van der Waals surface area contributed by atoms with Crippen LogP contribution >= 0.6 is 0 Å². The molecule has 152 valence electrons. The summed E-state index contributed by atoms with van der Waals surface area (Å²) in [5.74, 6) is 1.35.